The van der Waals surface area contributed by atoms with Gasteiger partial charge in [-0.3, -0.25) is 4.79 Å². The minimum atomic E-state index is -0.326. The highest BCUT2D eigenvalue weighted by atomic mass is 35.5. The number of halogens is 1. The average Bonchev–Trinajstić information content (AvgIpc) is 2.40. The Balaban J connectivity index is 2.36. The Morgan fingerprint density at radius 1 is 1.42 bits per heavy atom. The molecule has 1 aromatic carbocycles. The molecule has 0 aliphatic carbocycles. The molecule has 0 saturated heterocycles. The summed E-state index contributed by atoms with van der Waals surface area (Å²) >= 11 is 5.76. The molecule has 0 bridgehead atoms. The van der Waals surface area contributed by atoms with Crippen LogP contribution in [0.15, 0.2) is 36.5 Å². The number of hydrogen-bond acceptors (Lipinski definition) is 4. The Bertz CT molecular complexity index is 631. The molecule has 0 radical (unpaired) electrons. The zero-order valence-electron chi connectivity index (χ0n) is 10.2. The molecule has 1 aromatic heterocycles. The van der Waals surface area contributed by atoms with Crippen molar-refractivity contribution in [2.45, 2.75) is 0 Å². The number of amides is 1. The smallest absolute Gasteiger partial charge is 0.260 e. The van der Waals surface area contributed by atoms with Gasteiger partial charge in [-0.1, -0.05) is 17.7 Å². The van der Waals surface area contributed by atoms with Crippen molar-refractivity contribution in [1.82, 2.24) is 4.98 Å². The predicted octanol–water partition coefficient (Wildman–Crippen LogP) is 2.30. The first-order valence-electron chi connectivity index (χ1n) is 5.47. The van der Waals surface area contributed by atoms with Crippen LogP contribution in [0.5, 0.6) is 5.75 Å². The van der Waals surface area contributed by atoms with Gasteiger partial charge in [-0.05, 0) is 18.2 Å². The van der Waals surface area contributed by atoms with E-state index in [9.17, 15) is 9.90 Å². The third-order valence-corrected chi connectivity index (χ3v) is 2.86. The largest absolute Gasteiger partial charge is 0.508 e. The summed E-state index contributed by atoms with van der Waals surface area (Å²) in [7, 11) is 1.59. The van der Waals surface area contributed by atoms with Crippen molar-refractivity contribution in [3.63, 3.8) is 0 Å². The summed E-state index contributed by atoms with van der Waals surface area (Å²) in [5.74, 6) is -0.245. The molecular weight excluding hydrogens is 266 g/mol. The van der Waals surface area contributed by atoms with E-state index in [4.69, 9.17) is 17.3 Å². The Kier molecular flexibility index (Phi) is 3.57. The first-order valence-corrected chi connectivity index (χ1v) is 5.85. The van der Waals surface area contributed by atoms with E-state index in [0.717, 1.165) is 0 Å². The lowest BCUT2D eigenvalue weighted by Gasteiger charge is -2.18. The van der Waals surface area contributed by atoms with E-state index in [1.54, 1.807) is 19.2 Å². The number of carbonyl (C=O) groups is 1. The number of anilines is 2. The van der Waals surface area contributed by atoms with Crippen LogP contribution < -0.4 is 10.6 Å². The van der Waals surface area contributed by atoms with Crippen LogP contribution in [-0.4, -0.2) is 23.0 Å². The maximum Gasteiger partial charge on any atom is 0.260 e. The lowest BCUT2D eigenvalue weighted by Crippen LogP contribution is -2.27. The van der Waals surface area contributed by atoms with Gasteiger partial charge < -0.3 is 15.7 Å². The Morgan fingerprint density at radius 2 is 2.16 bits per heavy atom. The zero-order valence-corrected chi connectivity index (χ0v) is 10.9. The number of aromatic nitrogens is 1. The van der Waals surface area contributed by atoms with Crippen LogP contribution in [0.25, 0.3) is 0 Å². The van der Waals surface area contributed by atoms with Crippen molar-refractivity contribution in [1.29, 1.82) is 0 Å². The summed E-state index contributed by atoms with van der Waals surface area (Å²) in [6, 6.07) is 7.78. The fraction of sp³-hybridized carbons (Fsp3) is 0.0769. The normalized spacial score (nSPS) is 10.2. The summed E-state index contributed by atoms with van der Waals surface area (Å²) < 4.78 is 0. The van der Waals surface area contributed by atoms with Crippen molar-refractivity contribution < 1.29 is 9.90 Å². The van der Waals surface area contributed by atoms with E-state index in [0.29, 0.717) is 5.69 Å². The number of benzene rings is 1. The SMILES string of the molecule is CN(C(=O)c1cc(Cl)ncc1N)c1cccc(O)c1. The summed E-state index contributed by atoms with van der Waals surface area (Å²) in [6.45, 7) is 0. The summed E-state index contributed by atoms with van der Waals surface area (Å²) in [5.41, 5.74) is 6.79. The third-order valence-electron chi connectivity index (χ3n) is 2.65. The minimum absolute atomic E-state index is 0.0814. The highest BCUT2D eigenvalue weighted by molar-refractivity contribution is 6.30. The Hall–Kier alpha value is -2.27. The fourth-order valence-corrected chi connectivity index (χ4v) is 1.78. The molecule has 0 unspecified atom stereocenters. The molecule has 6 heteroatoms. The van der Waals surface area contributed by atoms with Gasteiger partial charge in [0.05, 0.1) is 17.4 Å². The van der Waals surface area contributed by atoms with Crippen LogP contribution in [0.2, 0.25) is 5.15 Å². The van der Waals surface area contributed by atoms with Crippen LogP contribution in [0.3, 0.4) is 0 Å². The highest BCUT2D eigenvalue weighted by Gasteiger charge is 2.17. The lowest BCUT2D eigenvalue weighted by molar-refractivity contribution is 0.0994. The monoisotopic (exact) mass is 277 g/mol. The fourth-order valence-electron chi connectivity index (χ4n) is 1.63. The van der Waals surface area contributed by atoms with E-state index < -0.39 is 0 Å². The molecule has 0 aliphatic heterocycles. The number of nitrogen functional groups attached to an aromatic ring is 1. The van der Waals surface area contributed by atoms with Crippen molar-refractivity contribution in [2.75, 3.05) is 17.7 Å². The average molecular weight is 278 g/mol. The van der Waals surface area contributed by atoms with E-state index in [1.165, 1.54) is 29.3 Å². The number of pyridine rings is 1. The van der Waals surface area contributed by atoms with Crippen LogP contribution in [0, 0.1) is 0 Å². The number of carbonyl (C=O) groups excluding carboxylic acids is 1. The predicted molar refractivity (Wildman–Crippen MR) is 74.5 cm³/mol. The molecule has 2 rings (SSSR count). The molecule has 1 heterocycles. The van der Waals surface area contributed by atoms with Gasteiger partial charge in [-0.15, -0.1) is 0 Å². The maximum absolute atomic E-state index is 12.3. The van der Waals surface area contributed by atoms with Gasteiger partial charge in [0.15, 0.2) is 0 Å². The summed E-state index contributed by atoms with van der Waals surface area (Å²) in [5, 5.41) is 9.62. The first-order chi connectivity index (χ1) is 8.99. The topological polar surface area (TPSA) is 79.5 Å². The lowest BCUT2D eigenvalue weighted by atomic mass is 10.2. The molecule has 98 valence electrons. The van der Waals surface area contributed by atoms with E-state index in [-0.39, 0.29) is 28.1 Å². The van der Waals surface area contributed by atoms with Gasteiger partial charge in [0.1, 0.15) is 10.9 Å². The molecule has 19 heavy (non-hydrogen) atoms. The summed E-state index contributed by atoms with van der Waals surface area (Å²) in [6.07, 6.45) is 1.34. The quantitative estimate of drug-likeness (QED) is 0.826. The number of hydrogen-bond donors (Lipinski definition) is 2. The number of nitrogens with zero attached hydrogens (tertiary/aromatic N) is 2. The number of rotatable bonds is 2. The molecule has 0 saturated carbocycles. The number of phenols is 1. The third kappa shape index (κ3) is 2.77. The van der Waals surface area contributed by atoms with E-state index in [1.807, 2.05) is 0 Å². The molecule has 0 atom stereocenters. The van der Waals surface area contributed by atoms with E-state index >= 15 is 0 Å². The van der Waals surface area contributed by atoms with Crippen molar-refractivity contribution in [3.8, 4) is 5.75 Å². The second-order valence-corrected chi connectivity index (χ2v) is 4.37. The van der Waals surface area contributed by atoms with E-state index in [2.05, 4.69) is 4.98 Å². The standard InChI is InChI=1S/C13H12ClN3O2/c1-17(8-3-2-4-9(18)5-8)13(19)10-6-12(14)16-7-11(10)15/h2-7,18H,15H2,1H3. The van der Waals surface area contributed by atoms with Crippen LogP contribution >= 0.6 is 11.6 Å². The molecule has 0 spiro atoms. The second-order valence-electron chi connectivity index (χ2n) is 3.98. The number of nitrogens with two attached hydrogens (primary N) is 1. The van der Waals surface area contributed by atoms with Gasteiger partial charge in [0, 0.05) is 18.8 Å². The second kappa shape index (κ2) is 5.16. The molecular formula is C13H12ClN3O2. The molecule has 0 fully saturated rings. The zero-order chi connectivity index (χ0) is 14.0. The first kappa shape index (κ1) is 13.2. The van der Waals surface area contributed by atoms with Gasteiger partial charge in [0.25, 0.3) is 5.91 Å². The maximum atomic E-state index is 12.3. The van der Waals surface area contributed by atoms with Gasteiger partial charge in [-0.25, -0.2) is 4.98 Å². The number of phenolic OH excluding ortho intramolecular Hbond substituents is 1. The summed E-state index contributed by atoms with van der Waals surface area (Å²) in [4.78, 5) is 17.5. The molecule has 2 aromatic rings. The van der Waals surface area contributed by atoms with Crippen LogP contribution in [0.4, 0.5) is 11.4 Å². The van der Waals surface area contributed by atoms with Gasteiger partial charge >= 0.3 is 0 Å². The van der Waals surface area contributed by atoms with Gasteiger partial charge in [0.2, 0.25) is 0 Å². The van der Waals surface area contributed by atoms with Gasteiger partial charge in [-0.2, -0.15) is 0 Å². The number of aromatic hydroxyl groups is 1. The Labute approximate surface area is 115 Å². The van der Waals surface area contributed by atoms with Crippen molar-refractivity contribution in [3.05, 3.63) is 47.2 Å². The highest BCUT2D eigenvalue weighted by Crippen LogP contribution is 2.23. The molecule has 1 amide bonds. The van der Waals surface area contributed by atoms with Crippen LogP contribution in [-0.2, 0) is 0 Å². The van der Waals surface area contributed by atoms with Crippen molar-refractivity contribution in [2.24, 2.45) is 0 Å². The molecule has 3 N–H and O–H groups in total. The molecule has 0 aliphatic rings. The Morgan fingerprint density at radius 3 is 2.84 bits per heavy atom. The van der Waals surface area contributed by atoms with Crippen molar-refractivity contribution >= 4 is 28.9 Å². The minimum Gasteiger partial charge on any atom is -0.508 e. The van der Waals surface area contributed by atoms with Crippen LogP contribution in [0.1, 0.15) is 10.4 Å². The molecule has 5 nitrogen and oxygen atoms in total.